The van der Waals surface area contributed by atoms with E-state index in [4.69, 9.17) is 0 Å². The number of rotatable bonds is 8. The fraction of sp³-hybridized carbons (Fsp3) is 0.538. The first kappa shape index (κ1) is 15.4. The van der Waals surface area contributed by atoms with Crippen LogP contribution in [-0.4, -0.2) is 21.9 Å². The van der Waals surface area contributed by atoms with Crippen LogP contribution in [0.3, 0.4) is 0 Å². The fourth-order valence-electron chi connectivity index (χ4n) is 1.61. The van der Waals surface area contributed by atoms with Gasteiger partial charge >= 0.3 is 0 Å². The number of amides is 1. The molecule has 1 N–H and O–H groups in total. The van der Waals surface area contributed by atoms with E-state index >= 15 is 0 Å². The van der Waals surface area contributed by atoms with Gasteiger partial charge in [-0.15, -0.1) is 0 Å². The number of aromatic nitrogens is 1. The summed E-state index contributed by atoms with van der Waals surface area (Å²) in [5.74, 6) is 1.53. The Kier molecular flexibility index (Phi) is 7.93. The van der Waals surface area contributed by atoms with Crippen molar-refractivity contribution in [3.05, 3.63) is 24.4 Å². The molecule has 18 heavy (non-hydrogen) atoms. The first-order valence-electron chi connectivity index (χ1n) is 6.22. The molecule has 0 aromatic carbocycles. The average Bonchev–Trinajstić information content (AvgIpc) is 2.37. The van der Waals surface area contributed by atoms with Crippen molar-refractivity contribution < 1.29 is 4.79 Å². The minimum atomic E-state index is 0.0171. The Morgan fingerprint density at radius 2 is 2.11 bits per heavy atom. The number of hydrogen-bond donors (Lipinski definition) is 3. The zero-order chi connectivity index (χ0) is 13.2. The Morgan fingerprint density at radius 3 is 2.78 bits per heavy atom. The normalized spacial score (nSPS) is 12.1. The molecule has 0 saturated carbocycles. The van der Waals surface area contributed by atoms with Crippen LogP contribution in [0, 0.1) is 0 Å². The maximum atomic E-state index is 11.6. The van der Waals surface area contributed by atoms with Gasteiger partial charge in [0.15, 0.2) is 0 Å². The minimum absolute atomic E-state index is 0.0171. The first-order valence-corrected chi connectivity index (χ1v) is 7.37. The summed E-state index contributed by atoms with van der Waals surface area (Å²) in [6, 6.07) is 5.46. The molecule has 5 heteroatoms. The molecule has 1 unspecified atom stereocenters. The smallest absolute Gasteiger partial charge is 0.225 e. The highest BCUT2D eigenvalue weighted by molar-refractivity contribution is 7.81. The van der Waals surface area contributed by atoms with Crippen molar-refractivity contribution in [2.75, 3.05) is 11.1 Å². The van der Waals surface area contributed by atoms with E-state index in [1.165, 1.54) is 0 Å². The number of pyridine rings is 1. The van der Waals surface area contributed by atoms with Gasteiger partial charge in [-0.25, -0.2) is 4.98 Å². The highest BCUT2D eigenvalue weighted by Crippen LogP contribution is 2.14. The van der Waals surface area contributed by atoms with Gasteiger partial charge in [0.25, 0.3) is 0 Å². The third-order valence-electron chi connectivity index (χ3n) is 2.57. The second-order valence-electron chi connectivity index (χ2n) is 4.18. The van der Waals surface area contributed by atoms with Gasteiger partial charge in [0.1, 0.15) is 5.82 Å². The molecule has 1 heterocycles. The predicted octanol–water partition coefficient (Wildman–Crippen LogP) is 3.20. The van der Waals surface area contributed by atoms with E-state index in [0.29, 0.717) is 17.5 Å². The van der Waals surface area contributed by atoms with E-state index in [-0.39, 0.29) is 5.91 Å². The van der Waals surface area contributed by atoms with E-state index in [1.807, 2.05) is 12.1 Å². The third-order valence-corrected chi connectivity index (χ3v) is 3.40. The van der Waals surface area contributed by atoms with Gasteiger partial charge in [-0.05, 0) is 43.6 Å². The number of nitrogens with zero attached hydrogens (tertiary/aromatic N) is 1. The van der Waals surface area contributed by atoms with Gasteiger partial charge in [0.05, 0.1) is 0 Å². The SMILES string of the molecule is O=C(CCCC(S)CCCS)Nc1ccccn1. The number of thiol groups is 2. The second-order valence-corrected chi connectivity index (χ2v) is 5.35. The maximum absolute atomic E-state index is 11.6. The Labute approximate surface area is 120 Å². The lowest BCUT2D eigenvalue weighted by molar-refractivity contribution is -0.116. The topological polar surface area (TPSA) is 42.0 Å². The van der Waals surface area contributed by atoms with Crippen molar-refractivity contribution in [1.29, 1.82) is 0 Å². The summed E-state index contributed by atoms with van der Waals surface area (Å²) >= 11 is 8.66. The third kappa shape index (κ3) is 6.91. The molecule has 0 radical (unpaired) electrons. The lowest BCUT2D eigenvalue weighted by Gasteiger charge is -2.09. The van der Waals surface area contributed by atoms with Crippen LogP contribution in [0.4, 0.5) is 5.82 Å². The van der Waals surface area contributed by atoms with E-state index in [0.717, 1.165) is 31.4 Å². The summed E-state index contributed by atoms with van der Waals surface area (Å²) in [5, 5.41) is 3.15. The monoisotopic (exact) mass is 284 g/mol. The quantitative estimate of drug-likeness (QED) is 0.642. The molecule has 0 saturated heterocycles. The summed E-state index contributed by atoms with van der Waals surface area (Å²) in [6.07, 6.45) is 6.16. The molecule has 0 fully saturated rings. The van der Waals surface area contributed by atoms with Crippen LogP contribution >= 0.6 is 25.3 Å². The highest BCUT2D eigenvalue weighted by Gasteiger charge is 2.06. The van der Waals surface area contributed by atoms with Crippen LogP contribution in [-0.2, 0) is 4.79 Å². The van der Waals surface area contributed by atoms with Crippen LogP contribution in [0.2, 0.25) is 0 Å². The fourth-order valence-corrected chi connectivity index (χ4v) is 2.16. The second kappa shape index (κ2) is 9.28. The van der Waals surface area contributed by atoms with E-state index in [9.17, 15) is 4.79 Å². The summed E-state index contributed by atoms with van der Waals surface area (Å²) < 4.78 is 0. The zero-order valence-corrected chi connectivity index (χ0v) is 12.2. The Bertz CT molecular complexity index is 346. The van der Waals surface area contributed by atoms with Crippen LogP contribution in [0.15, 0.2) is 24.4 Å². The largest absolute Gasteiger partial charge is 0.311 e. The van der Waals surface area contributed by atoms with Gasteiger partial charge in [-0.1, -0.05) is 6.07 Å². The number of nitrogens with one attached hydrogen (secondary N) is 1. The van der Waals surface area contributed by atoms with E-state index < -0.39 is 0 Å². The van der Waals surface area contributed by atoms with Crippen LogP contribution in [0.1, 0.15) is 32.1 Å². The van der Waals surface area contributed by atoms with Crippen molar-refractivity contribution in [3.63, 3.8) is 0 Å². The minimum Gasteiger partial charge on any atom is -0.311 e. The van der Waals surface area contributed by atoms with E-state index in [2.05, 4.69) is 35.6 Å². The van der Waals surface area contributed by atoms with Gasteiger partial charge in [0, 0.05) is 17.9 Å². The molecule has 1 aromatic rings. The molecule has 100 valence electrons. The molecule has 0 bridgehead atoms. The van der Waals surface area contributed by atoms with Crippen LogP contribution < -0.4 is 5.32 Å². The zero-order valence-electron chi connectivity index (χ0n) is 10.4. The Morgan fingerprint density at radius 1 is 1.33 bits per heavy atom. The number of anilines is 1. The van der Waals surface area contributed by atoms with Crippen LogP contribution in [0.5, 0.6) is 0 Å². The molecular formula is C13H20N2OS2. The van der Waals surface area contributed by atoms with Gasteiger partial charge in [-0.3, -0.25) is 4.79 Å². The number of carbonyl (C=O) groups excluding carboxylic acids is 1. The molecule has 0 aliphatic heterocycles. The molecule has 0 aliphatic rings. The molecule has 0 spiro atoms. The van der Waals surface area contributed by atoms with Crippen molar-refractivity contribution in [3.8, 4) is 0 Å². The van der Waals surface area contributed by atoms with Crippen molar-refractivity contribution in [2.45, 2.75) is 37.4 Å². The van der Waals surface area contributed by atoms with E-state index in [1.54, 1.807) is 12.3 Å². The molecule has 1 aromatic heterocycles. The number of hydrogen-bond acceptors (Lipinski definition) is 4. The van der Waals surface area contributed by atoms with Gasteiger partial charge in [0.2, 0.25) is 5.91 Å². The molecule has 3 nitrogen and oxygen atoms in total. The summed E-state index contributed by atoms with van der Waals surface area (Å²) in [6.45, 7) is 0. The molecule has 0 aliphatic carbocycles. The van der Waals surface area contributed by atoms with Crippen LogP contribution in [0.25, 0.3) is 0 Å². The lowest BCUT2D eigenvalue weighted by atomic mass is 10.1. The molecule has 1 amide bonds. The highest BCUT2D eigenvalue weighted by atomic mass is 32.1. The van der Waals surface area contributed by atoms with Gasteiger partial charge in [-0.2, -0.15) is 25.3 Å². The summed E-state index contributed by atoms with van der Waals surface area (Å²) in [5.41, 5.74) is 0. The van der Waals surface area contributed by atoms with Gasteiger partial charge < -0.3 is 5.32 Å². The lowest BCUT2D eigenvalue weighted by Crippen LogP contribution is -2.12. The molecule has 1 rings (SSSR count). The van der Waals surface area contributed by atoms with Crippen molar-refractivity contribution >= 4 is 37.0 Å². The summed E-state index contributed by atoms with van der Waals surface area (Å²) in [7, 11) is 0. The molecular weight excluding hydrogens is 264 g/mol. The standard InChI is InChI=1S/C13H20N2OS2/c16-13(15-12-7-1-2-9-14-12)8-3-5-11(18)6-4-10-17/h1-2,7,9,11,17-18H,3-6,8,10H2,(H,14,15,16). The predicted molar refractivity (Wildman–Crippen MR) is 82.6 cm³/mol. The number of carbonyl (C=O) groups is 1. The Hall–Kier alpha value is -0.680. The van der Waals surface area contributed by atoms with Crippen molar-refractivity contribution in [2.24, 2.45) is 0 Å². The Balaban J connectivity index is 2.14. The average molecular weight is 284 g/mol. The summed E-state index contributed by atoms with van der Waals surface area (Å²) in [4.78, 5) is 15.7. The van der Waals surface area contributed by atoms with Crippen molar-refractivity contribution in [1.82, 2.24) is 4.98 Å². The maximum Gasteiger partial charge on any atom is 0.225 e. The first-order chi connectivity index (χ1) is 8.72. The molecule has 1 atom stereocenters.